The molecule has 82 valence electrons. The number of hydrogen-bond donors (Lipinski definition) is 2. The van der Waals surface area contributed by atoms with Gasteiger partial charge in [0.1, 0.15) is 5.75 Å². The topological polar surface area (TPSA) is 52.8 Å². The number of benzene rings is 1. The van der Waals surface area contributed by atoms with E-state index in [4.69, 9.17) is 5.21 Å². The largest absolute Gasteiger partial charge is 0.507 e. The first-order valence-corrected chi connectivity index (χ1v) is 4.90. The van der Waals surface area contributed by atoms with Crippen LogP contribution in [0, 0.1) is 27.7 Å². The summed E-state index contributed by atoms with van der Waals surface area (Å²) in [5.41, 5.74) is 5.10. The molecule has 0 atom stereocenters. The fraction of sp³-hybridized carbons (Fsp3) is 0.417. The average Bonchev–Trinajstić information content (AvgIpc) is 2.23. The second kappa shape index (κ2) is 3.93. The van der Waals surface area contributed by atoms with Gasteiger partial charge < -0.3 is 10.3 Å². The van der Waals surface area contributed by atoms with Crippen LogP contribution in [-0.2, 0) is 0 Å². The zero-order chi connectivity index (χ0) is 11.7. The van der Waals surface area contributed by atoms with E-state index in [9.17, 15) is 5.11 Å². The number of oxime groups is 1. The highest BCUT2D eigenvalue weighted by Gasteiger charge is 2.16. The third kappa shape index (κ3) is 1.69. The van der Waals surface area contributed by atoms with E-state index in [-0.39, 0.29) is 5.75 Å². The van der Waals surface area contributed by atoms with Gasteiger partial charge in [-0.3, -0.25) is 0 Å². The second-order valence-corrected chi connectivity index (χ2v) is 3.91. The van der Waals surface area contributed by atoms with Crippen molar-refractivity contribution in [3.63, 3.8) is 0 Å². The number of rotatable bonds is 1. The lowest BCUT2D eigenvalue weighted by Crippen LogP contribution is -2.04. The number of phenolic OH excluding ortho intramolecular Hbond substituents is 1. The minimum absolute atomic E-state index is 0.214. The van der Waals surface area contributed by atoms with Crippen LogP contribution in [0.4, 0.5) is 0 Å². The first-order valence-electron chi connectivity index (χ1n) is 4.90. The summed E-state index contributed by atoms with van der Waals surface area (Å²) in [4.78, 5) is 0. The molecular weight excluding hydrogens is 190 g/mol. The Morgan fingerprint density at radius 1 is 0.933 bits per heavy atom. The van der Waals surface area contributed by atoms with E-state index in [0.29, 0.717) is 11.3 Å². The summed E-state index contributed by atoms with van der Waals surface area (Å²) in [6.45, 7) is 9.45. The van der Waals surface area contributed by atoms with E-state index in [0.717, 1.165) is 22.3 Å². The van der Waals surface area contributed by atoms with Crippen molar-refractivity contribution in [1.82, 2.24) is 0 Å². The molecule has 0 saturated heterocycles. The number of phenols is 1. The molecule has 0 amide bonds. The van der Waals surface area contributed by atoms with Crippen molar-refractivity contribution in [2.24, 2.45) is 5.16 Å². The van der Waals surface area contributed by atoms with Crippen molar-refractivity contribution in [1.29, 1.82) is 0 Å². The Balaban J connectivity index is 3.67. The molecule has 0 aliphatic rings. The maximum absolute atomic E-state index is 9.99. The van der Waals surface area contributed by atoms with E-state index in [1.165, 1.54) is 0 Å². The molecule has 0 aliphatic heterocycles. The third-order valence-corrected chi connectivity index (χ3v) is 3.17. The predicted molar refractivity (Wildman–Crippen MR) is 61.1 cm³/mol. The fourth-order valence-electron chi connectivity index (χ4n) is 1.79. The van der Waals surface area contributed by atoms with Crippen LogP contribution in [0.25, 0.3) is 0 Å². The fourth-order valence-corrected chi connectivity index (χ4v) is 1.79. The summed E-state index contributed by atoms with van der Waals surface area (Å²) in [5, 5.41) is 21.9. The van der Waals surface area contributed by atoms with Crippen molar-refractivity contribution in [2.45, 2.75) is 34.6 Å². The molecule has 2 N–H and O–H groups in total. The van der Waals surface area contributed by atoms with Crippen molar-refractivity contribution in [2.75, 3.05) is 0 Å². The lowest BCUT2D eigenvalue weighted by atomic mass is 9.91. The summed E-state index contributed by atoms with van der Waals surface area (Å²) in [6, 6.07) is 0. The molecule has 1 rings (SSSR count). The Morgan fingerprint density at radius 3 is 1.87 bits per heavy atom. The SMILES string of the molecule is C/C(=N/O)c1c(C)c(C)c(C)c(C)c1O. The molecule has 3 heteroatoms. The Labute approximate surface area is 90.1 Å². The standard InChI is InChI=1S/C12H17NO2/c1-6-7(2)9(4)12(14)11(8(6)3)10(5)13-15/h14-15H,1-5H3/b13-10-. The highest BCUT2D eigenvalue weighted by Crippen LogP contribution is 2.32. The highest BCUT2D eigenvalue weighted by molar-refractivity contribution is 6.02. The van der Waals surface area contributed by atoms with Crippen molar-refractivity contribution < 1.29 is 10.3 Å². The summed E-state index contributed by atoms with van der Waals surface area (Å²) < 4.78 is 0. The van der Waals surface area contributed by atoms with E-state index in [1.807, 2.05) is 27.7 Å². The van der Waals surface area contributed by atoms with Crippen LogP contribution >= 0.6 is 0 Å². The van der Waals surface area contributed by atoms with Crippen LogP contribution in [0.3, 0.4) is 0 Å². The molecule has 0 heterocycles. The third-order valence-electron chi connectivity index (χ3n) is 3.17. The minimum Gasteiger partial charge on any atom is -0.507 e. The Hall–Kier alpha value is -1.51. The molecule has 3 nitrogen and oxygen atoms in total. The van der Waals surface area contributed by atoms with Gasteiger partial charge in [-0.2, -0.15) is 0 Å². The van der Waals surface area contributed by atoms with Gasteiger partial charge in [0, 0.05) is 5.56 Å². The molecule has 0 fully saturated rings. The summed E-state index contributed by atoms with van der Waals surface area (Å²) in [5.74, 6) is 0.214. The number of nitrogens with zero attached hydrogens (tertiary/aromatic N) is 1. The first-order chi connectivity index (χ1) is 6.91. The monoisotopic (exact) mass is 207 g/mol. The lowest BCUT2D eigenvalue weighted by Gasteiger charge is -2.16. The highest BCUT2D eigenvalue weighted by atomic mass is 16.4. The van der Waals surface area contributed by atoms with Crippen LogP contribution in [-0.4, -0.2) is 16.0 Å². The van der Waals surface area contributed by atoms with Crippen molar-refractivity contribution in [3.8, 4) is 5.75 Å². The molecule has 0 aliphatic carbocycles. The molecule has 0 saturated carbocycles. The van der Waals surface area contributed by atoms with Crippen molar-refractivity contribution >= 4 is 5.71 Å². The van der Waals surface area contributed by atoms with Crippen LogP contribution in [0.15, 0.2) is 5.16 Å². The molecule has 15 heavy (non-hydrogen) atoms. The molecule has 1 aromatic carbocycles. The quantitative estimate of drug-likeness (QED) is 0.422. The first kappa shape index (κ1) is 11.6. The van der Waals surface area contributed by atoms with Gasteiger partial charge in [0.25, 0.3) is 0 Å². The second-order valence-electron chi connectivity index (χ2n) is 3.91. The molecule has 0 bridgehead atoms. The maximum Gasteiger partial charge on any atom is 0.128 e. The van der Waals surface area contributed by atoms with Crippen molar-refractivity contribution in [3.05, 3.63) is 27.8 Å². The normalized spacial score (nSPS) is 11.9. The average molecular weight is 207 g/mol. The molecular formula is C12H17NO2. The van der Waals surface area contributed by atoms with E-state index in [2.05, 4.69) is 5.16 Å². The zero-order valence-electron chi connectivity index (χ0n) is 9.84. The Bertz CT molecular complexity index is 405. The smallest absolute Gasteiger partial charge is 0.128 e. The van der Waals surface area contributed by atoms with Gasteiger partial charge in [-0.25, -0.2) is 0 Å². The van der Waals surface area contributed by atoms with Gasteiger partial charge in [0.2, 0.25) is 0 Å². The van der Waals surface area contributed by atoms with E-state index in [1.54, 1.807) is 6.92 Å². The lowest BCUT2D eigenvalue weighted by molar-refractivity contribution is 0.318. The summed E-state index contributed by atoms with van der Waals surface area (Å²) in [6.07, 6.45) is 0. The van der Waals surface area contributed by atoms with Gasteiger partial charge in [-0.15, -0.1) is 0 Å². The van der Waals surface area contributed by atoms with E-state index < -0.39 is 0 Å². The number of hydrogen-bond acceptors (Lipinski definition) is 3. The molecule has 1 aromatic rings. The Kier molecular flexibility index (Phi) is 3.03. The van der Waals surface area contributed by atoms with Crippen LogP contribution in [0.5, 0.6) is 5.75 Å². The van der Waals surface area contributed by atoms with Gasteiger partial charge in [0.15, 0.2) is 0 Å². The van der Waals surface area contributed by atoms with Gasteiger partial charge in [-0.1, -0.05) is 5.16 Å². The molecule has 0 radical (unpaired) electrons. The summed E-state index contributed by atoms with van der Waals surface area (Å²) >= 11 is 0. The maximum atomic E-state index is 9.99. The summed E-state index contributed by atoms with van der Waals surface area (Å²) in [7, 11) is 0. The number of aromatic hydroxyl groups is 1. The molecule has 0 unspecified atom stereocenters. The Morgan fingerprint density at radius 2 is 1.40 bits per heavy atom. The van der Waals surface area contributed by atoms with Crippen LogP contribution < -0.4 is 0 Å². The van der Waals surface area contributed by atoms with Crippen LogP contribution in [0.1, 0.15) is 34.7 Å². The zero-order valence-corrected chi connectivity index (χ0v) is 9.84. The molecule has 0 spiro atoms. The minimum atomic E-state index is 0.214. The molecule has 0 aromatic heterocycles. The van der Waals surface area contributed by atoms with Gasteiger partial charge in [0.05, 0.1) is 5.71 Å². The van der Waals surface area contributed by atoms with Gasteiger partial charge >= 0.3 is 0 Å². The predicted octanol–water partition coefficient (Wildman–Crippen LogP) is 2.82. The van der Waals surface area contributed by atoms with E-state index >= 15 is 0 Å². The van der Waals surface area contributed by atoms with Gasteiger partial charge in [-0.05, 0) is 56.9 Å². The van der Waals surface area contributed by atoms with Crippen LogP contribution in [0.2, 0.25) is 0 Å².